The van der Waals surface area contributed by atoms with Crippen molar-refractivity contribution < 1.29 is 22.2 Å². The first kappa shape index (κ1) is 20.1. The van der Waals surface area contributed by atoms with Gasteiger partial charge in [0.25, 0.3) is 0 Å². The van der Waals surface area contributed by atoms with Crippen molar-refractivity contribution in [3.05, 3.63) is 61.5 Å². The van der Waals surface area contributed by atoms with Gasteiger partial charge in [0.15, 0.2) is 5.75 Å². The molecular formula is C17H10Br2ClNO5S. The van der Waals surface area contributed by atoms with Gasteiger partial charge >= 0.3 is 16.1 Å². The highest BCUT2D eigenvalue weighted by Gasteiger charge is 2.25. The lowest BCUT2D eigenvalue weighted by molar-refractivity contribution is -0.136. The third kappa shape index (κ3) is 4.43. The maximum absolute atomic E-state index is 12.6. The highest BCUT2D eigenvalue weighted by atomic mass is 79.9. The molecule has 27 heavy (non-hydrogen) atoms. The van der Waals surface area contributed by atoms with E-state index >= 15 is 0 Å². The highest BCUT2D eigenvalue weighted by Crippen LogP contribution is 2.36. The number of halogens is 3. The summed E-state index contributed by atoms with van der Waals surface area (Å²) in [4.78, 5) is 16.4. The van der Waals surface area contributed by atoms with E-state index in [0.717, 1.165) is 0 Å². The number of oxime groups is 1. The van der Waals surface area contributed by atoms with Crippen LogP contribution in [-0.4, -0.2) is 20.1 Å². The van der Waals surface area contributed by atoms with E-state index in [0.29, 0.717) is 25.2 Å². The van der Waals surface area contributed by atoms with Crippen LogP contribution in [0.4, 0.5) is 0 Å². The monoisotopic (exact) mass is 533 g/mol. The Hall–Kier alpha value is -1.68. The van der Waals surface area contributed by atoms with Gasteiger partial charge in [-0.2, -0.15) is 8.42 Å². The van der Waals surface area contributed by atoms with Gasteiger partial charge in [0.05, 0.1) is 15.8 Å². The van der Waals surface area contributed by atoms with Crippen LogP contribution in [0.15, 0.2) is 61.0 Å². The van der Waals surface area contributed by atoms with Crippen LogP contribution < -0.4 is 4.18 Å². The van der Waals surface area contributed by atoms with Gasteiger partial charge in [-0.05, 0) is 65.3 Å². The molecule has 1 aliphatic heterocycles. The summed E-state index contributed by atoms with van der Waals surface area (Å²) in [5.41, 5.74) is 0.925. The summed E-state index contributed by atoms with van der Waals surface area (Å²) in [7, 11) is -4.13. The molecule has 0 radical (unpaired) electrons. The second-order valence-corrected chi connectivity index (χ2v) is 9.16. The Morgan fingerprint density at radius 1 is 1.19 bits per heavy atom. The molecule has 0 aromatic heterocycles. The number of benzene rings is 2. The highest BCUT2D eigenvalue weighted by molar-refractivity contribution is 9.11. The molecule has 10 heteroatoms. The lowest BCUT2D eigenvalue weighted by Crippen LogP contribution is -2.11. The first-order valence-corrected chi connectivity index (χ1v) is 10.7. The molecule has 2 aromatic carbocycles. The van der Waals surface area contributed by atoms with E-state index < -0.39 is 16.1 Å². The molecule has 0 saturated carbocycles. The molecule has 0 saturated heterocycles. The van der Waals surface area contributed by atoms with Crippen molar-refractivity contribution in [2.45, 2.75) is 11.8 Å². The summed E-state index contributed by atoms with van der Waals surface area (Å²) in [6, 6.07) is 8.82. The number of carbonyl (C=O) groups excluding carboxylic acids is 1. The molecular weight excluding hydrogens is 526 g/mol. The molecule has 2 aromatic rings. The lowest BCUT2D eigenvalue weighted by atomic mass is 10.1. The van der Waals surface area contributed by atoms with E-state index in [4.69, 9.17) is 15.8 Å². The van der Waals surface area contributed by atoms with Crippen LogP contribution >= 0.6 is 43.5 Å². The zero-order chi connectivity index (χ0) is 19.8. The topological polar surface area (TPSA) is 82.0 Å². The number of hydrogen-bond acceptors (Lipinski definition) is 6. The van der Waals surface area contributed by atoms with Crippen molar-refractivity contribution in [3.63, 3.8) is 0 Å². The third-order valence-electron chi connectivity index (χ3n) is 3.51. The van der Waals surface area contributed by atoms with Crippen LogP contribution in [-0.2, 0) is 19.8 Å². The minimum atomic E-state index is -4.13. The standard InChI is InChI=1S/C17H10Br2ClNO5S/c1-9-14(17(22)25-21-9)7-10-6-11(18)8-15(19)16(10)26-27(23,24)13-4-2-12(20)3-5-13/h2-8H,1H3/b14-7-. The lowest BCUT2D eigenvalue weighted by Gasteiger charge is -2.12. The minimum absolute atomic E-state index is 0.0214. The van der Waals surface area contributed by atoms with E-state index in [1.807, 2.05) is 0 Å². The van der Waals surface area contributed by atoms with Gasteiger partial charge in [0.2, 0.25) is 0 Å². The molecule has 0 fully saturated rings. The Balaban J connectivity index is 2.08. The smallest absolute Gasteiger partial charge is 0.367 e. The van der Waals surface area contributed by atoms with E-state index in [1.165, 1.54) is 30.3 Å². The second kappa shape index (κ2) is 7.75. The van der Waals surface area contributed by atoms with Crippen LogP contribution in [0.5, 0.6) is 5.75 Å². The molecule has 0 atom stereocenters. The molecule has 0 aliphatic carbocycles. The van der Waals surface area contributed by atoms with Crippen LogP contribution in [0.25, 0.3) is 6.08 Å². The van der Waals surface area contributed by atoms with Gasteiger partial charge in [-0.15, -0.1) is 0 Å². The first-order valence-electron chi connectivity index (χ1n) is 7.34. The second-order valence-electron chi connectivity index (χ2n) is 5.41. The predicted molar refractivity (Wildman–Crippen MR) is 108 cm³/mol. The zero-order valence-corrected chi connectivity index (χ0v) is 18.3. The average Bonchev–Trinajstić information content (AvgIpc) is 2.90. The number of nitrogens with zero attached hydrogens (tertiary/aromatic N) is 1. The van der Waals surface area contributed by atoms with Crippen molar-refractivity contribution in [1.29, 1.82) is 0 Å². The molecule has 1 heterocycles. The number of rotatable bonds is 4. The maximum atomic E-state index is 12.6. The first-order chi connectivity index (χ1) is 12.7. The Morgan fingerprint density at radius 2 is 1.85 bits per heavy atom. The normalized spacial score (nSPS) is 15.6. The summed E-state index contributed by atoms with van der Waals surface area (Å²) in [6.45, 7) is 1.61. The fraction of sp³-hybridized carbons (Fsp3) is 0.0588. The molecule has 0 unspecified atom stereocenters. The molecule has 6 nitrogen and oxygen atoms in total. The van der Waals surface area contributed by atoms with E-state index in [1.54, 1.807) is 19.1 Å². The molecule has 0 N–H and O–H groups in total. The van der Waals surface area contributed by atoms with Gasteiger partial charge in [0, 0.05) is 15.1 Å². The van der Waals surface area contributed by atoms with E-state index in [9.17, 15) is 13.2 Å². The summed E-state index contributed by atoms with van der Waals surface area (Å²) < 4.78 is 31.6. The van der Waals surface area contributed by atoms with Crippen LogP contribution in [0.1, 0.15) is 12.5 Å². The van der Waals surface area contributed by atoms with Gasteiger partial charge in [-0.25, -0.2) is 4.79 Å². The summed E-state index contributed by atoms with van der Waals surface area (Å²) in [5.74, 6) is -0.608. The van der Waals surface area contributed by atoms with Gasteiger partial charge in [-0.3, -0.25) is 0 Å². The molecule has 1 aliphatic rings. The summed E-state index contributed by atoms with van der Waals surface area (Å²) in [6.07, 6.45) is 1.45. The number of hydrogen-bond donors (Lipinski definition) is 0. The molecule has 140 valence electrons. The average molecular weight is 536 g/mol. The fourth-order valence-corrected chi connectivity index (χ4v) is 4.75. The summed E-state index contributed by atoms with van der Waals surface area (Å²) in [5, 5.41) is 4.01. The minimum Gasteiger partial charge on any atom is -0.377 e. The van der Waals surface area contributed by atoms with Gasteiger partial charge in [-0.1, -0.05) is 32.7 Å². The summed E-state index contributed by atoms with van der Waals surface area (Å²) >= 11 is 12.4. The van der Waals surface area contributed by atoms with Crippen molar-refractivity contribution in [1.82, 2.24) is 0 Å². The zero-order valence-electron chi connectivity index (χ0n) is 13.6. The van der Waals surface area contributed by atoms with E-state index in [2.05, 4.69) is 41.9 Å². The van der Waals surface area contributed by atoms with Crippen LogP contribution in [0.3, 0.4) is 0 Å². The third-order valence-corrected chi connectivity index (χ3v) is 6.04. The number of carbonyl (C=O) groups is 1. The van der Waals surface area contributed by atoms with Crippen molar-refractivity contribution in [3.8, 4) is 5.75 Å². The van der Waals surface area contributed by atoms with Crippen LogP contribution in [0, 0.1) is 0 Å². The quantitative estimate of drug-likeness (QED) is 0.314. The largest absolute Gasteiger partial charge is 0.377 e. The predicted octanol–water partition coefficient (Wildman–Crippen LogP) is 4.95. The molecule has 0 bridgehead atoms. The van der Waals surface area contributed by atoms with Gasteiger partial charge in [0.1, 0.15) is 4.90 Å². The Kier molecular flexibility index (Phi) is 5.76. The Bertz CT molecular complexity index is 1100. The fourth-order valence-electron chi connectivity index (χ4n) is 2.21. The van der Waals surface area contributed by atoms with Crippen LogP contribution in [0.2, 0.25) is 5.02 Å². The molecule has 0 amide bonds. The van der Waals surface area contributed by atoms with Crippen molar-refractivity contribution >= 4 is 71.3 Å². The maximum Gasteiger partial charge on any atom is 0.367 e. The SMILES string of the molecule is CC1=NOC(=O)/C1=C\c1cc(Br)cc(Br)c1OS(=O)(=O)c1ccc(Cl)cc1. The molecule has 3 rings (SSSR count). The Morgan fingerprint density at radius 3 is 2.44 bits per heavy atom. The van der Waals surface area contributed by atoms with Crippen molar-refractivity contribution in [2.24, 2.45) is 5.16 Å². The Labute approximate surface area is 177 Å². The molecule has 0 spiro atoms. The van der Waals surface area contributed by atoms with Crippen molar-refractivity contribution in [2.75, 3.05) is 0 Å². The van der Waals surface area contributed by atoms with E-state index in [-0.39, 0.29) is 16.2 Å². The van der Waals surface area contributed by atoms with Gasteiger partial charge < -0.3 is 9.02 Å².